The molecule has 1 atom stereocenters. The minimum atomic E-state index is -0.397. The summed E-state index contributed by atoms with van der Waals surface area (Å²) < 4.78 is 4.96. The van der Waals surface area contributed by atoms with Gasteiger partial charge in [-0.1, -0.05) is 39.8 Å². The summed E-state index contributed by atoms with van der Waals surface area (Å²) in [6.45, 7) is 11.6. The Labute approximate surface area is 191 Å². The highest BCUT2D eigenvalue weighted by molar-refractivity contribution is 6.05. The Hall–Kier alpha value is -2.86. The summed E-state index contributed by atoms with van der Waals surface area (Å²) in [4.78, 5) is 27.5. The predicted molar refractivity (Wildman–Crippen MR) is 130 cm³/mol. The Kier molecular flexibility index (Phi) is 7.56. The lowest BCUT2D eigenvalue weighted by Crippen LogP contribution is -2.42. The monoisotopic (exact) mass is 437 g/mol. The van der Waals surface area contributed by atoms with Crippen molar-refractivity contribution < 1.29 is 14.3 Å². The van der Waals surface area contributed by atoms with Gasteiger partial charge in [-0.25, -0.2) is 4.79 Å². The standard InChI is InChI=1S/C26H35N3O3/c1-6-29-15-7-8-21(17-29)27-23-16-20(13-14-22(23)25(31)32-5)28-24(30)18-9-11-19(12-10-18)26(2,3)4/h9-14,16,21,27H,6-8,15,17H2,1-5H3,(H,28,30). The first-order chi connectivity index (χ1) is 15.2. The molecule has 1 unspecified atom stereocenters. The maximum absolute atomic E-state index is 12.8. The Bertz CT molecular complexity index is 948. The van der Waals surface area contributed by atoms with Crippen LogP contribution in [-0.4, -0.2) is 49.6 Å². The fourth-order valence-electron chi connectivity index (χ4n) is 4.03. The highest BCUT2D eigenvalue weighted by Crippen LogP contribution is 2.26. The van der Waals surface area contributed by atoms with Crippen molar-refractivity contribution in [3.05, 3.63) is 59.2 Å². The summed E-state index contributed by atoms with van der Waals surface area (Å²) in [6.07, 6.45) is 2.15. The molecule has 6 nitrogen and oxygen atoms in total. The van der Waals surface area contributed by atoms with Gasteiger partial charge in [-0.15, -0.1) is 0 Å². The van der Waals surface area contributed by atoms with Crippen molar-refractivity contribution >= 4 is 23.3 Å². The van der Waals surface area contributed by atoms with Crippen molar-refractivity contribution in [3.8, 4) is 0 Å². The van der Waals surface area contributed by atoms with Crippen molar-refractivity contribution in [2.24, 2.45) is 0 Å². The van der Waals surface area contributed by atoms with E-state index >= 15 is 0 Å². The zero-order valence-corrected chi connectivity index (χ0v) is 19.8. The molecule has 172 valence electrons. The van der Waals surface area contributed by atoms with Gasteiger partial charge in [-0.05, 0) is 67.2 Å². The van der Waals surface area contributed by atoms with E-state index in [4.69, 9.17) is 4.74 Å². The minimum absolute atomic E-state index is 0.0335. The van der Waals surface area contributed by atoms with Gasteiger partial charge >= 0.3 is 5.97 Å². The van der Waals surface area contributed by atoms with E-state index in [1.54, 1.807) is 12.1 Å². The lowest BCUT2D eigenvalue weighted by molar-refractivity contribution is 0.0601. The van der Waals surface area contributed by atoms with Crippen LogP contribution in [0.3, 0.4) is 0 Å². The number of anilines is 2. The summed E-state index contributed by atoms with van der Waals surface area (Å²) in [7, 11) is 1.38. The maximum Gasteiger partial charge on any atom is 0.339 e. The van der Waals surface area contributed by atoms with Gasteiger partial charge in [0, 0.05) is 23.8 Å². The number of hydrogen-bond donors (Lipinski definition) is 2. The first-order valence-electron chi connectivity index (χ1n) is 11.3. The summed E-state index contributed by atoms with van der Waals surface area (Å²) in [5.74, 6) is -0.580. The van der Waals surface area contributed by atoms with Gasteiger partial charge in [0.05, 0.1) is 18.4 Å². The first-order valence-corrected chi connectivity index (χ1v) is 11.3. The number of nitrogens with one attached hydrogen (secondary N) is 2. The molecule has 1 aliphatic heterocycles. The smallest absolute Gasteiger partial charge is 0.339 e. The first kappa shape index (κ1) is 23.8. The zero-order valence-electron chi connectivity index (χ0n) is 19.8. The number of rotatable bonds is 6. The number of carbonyl (C=O) groups excluding carboxylic acids is 2. The minimum Gasteiger partial charge on any atom is -0.465 e. The predicted octanol–water partition coefficient (Wildman–Crippen LogP) is 4.92. The van der Waals surface area contributed by atoms with Crippen LogP contribution in [0.1, 0.15) is 66.8 Å². The fraction of sp³-hybridized carbons (Fsp3) is 0.462. The highest BCUT2D eigenvalue weighted by Gasteiger charge is 2.22. The van der Waals surface area contributed by atoms with Gasteiger partial charge in [0.25, 0.3) is 5.91 Å². The number of likely N-dealkylation sites (tertiary alicyclic amines) is 1. The van der Waals surface area contributed by atoms with E-state index in [1.807, 2.05) is 30.3 Å². The van der Waals surface area contributed by atoms with Gasteiger partial charge in [-0.2, -0.15) is 0 Å². The average Bonchev–Trinajstić information content (AvgIpc) is 2.78. The third-order valence-electron chi connectivity index (χ3n) is 6.01. The van der Waals surface area contributed by atoms with Crippen LogP contribution in [0.4, 0.5) is 11.4 Å². The van der Waals surface area contributed by atoms with Crippen LogP contribution in [0.5, 0.6) is 0 Å². The molecule has 0 aliphatic carbocycles. The number of carbonyl (C=O) groups is 2. The van der Waals surface area contributed by atoms with Crippen LogP contribution in [-0.2, 0) is 10.2 Å². The molecule has 1 aliphatic rings. The summed E-state index contributed by atoms with van der Waals surface area (Å²) >= 11 is 0. The molecule has 1 fully saturated rings. The Morgan fingerprint density at radius 2 is 1.84 bits per heavy atom. The van der Waals surface area contributed by atoms with E-state index in [9.17, 15) is 9.59 Å². The number of amides is 1. The third-order valence-corrected chi connectivity index (χ3v) is 6.01. The topological polar surface area (TPSA) is 70.7 Å². The molecule has 2 aromatic rings. The second-order valence-electron chi connectivity index (χ2n) is 9.41. The molecule has 0 spiro atoms. The van der Waals surface area contributed by atoms with Gasteiger partial charge in [0.2, 0.25) is 0 Å². The quantitative estimate of drug-likeness (QED) is 0.628. The van der Waals surface area contributed by atoms with Crippen LogP contribution in [0, 0.1) is 0 Å². The normalized spacial score (nSPS) is 17.0. The van der Waals surface area contributed by atoms with Crippen LogP contribution < -0.4 is 10.6 Å². The molecule has 2 N–H and O–H groups in total. The Morgan fingerprint density at radius 3 is 2.47 bits per heavy atom. The zero-order chi connectivity index (χ0) is 23.3. The molecule has 1 saturated heterocycles. The molecule has 0 bridgehead atoms. The van der Waals surface area contributed by atoms with Gasteiger partial charge in [-0.3, -0.25) is 4.79 Å². The van der Waals surface area contributed by atoms with Crippen LogP contribution in [0.2, 0.25) is 0 Å². The highest BCUT2D eigenvalue weighted by atomic mass is 16.5. The van der Waals surface area contributed by atoms with Crippen LogP contribution in [0.25, 0.3) is 0 Å². The largest absolute Gasteiger partial charge is 0.465 e. The molecule has 0 aromatic heterocycles. The van der Waals surface area contributed by atoms with Crippen LogP contribution >= 0.6 is 0 Å². The summed E-state index contributed by atoms with van der Waals surface area (Å²) in [5, 5.41) is 6.47. The molecule has 1 amide bonds. The van der Waals surface area contributed by atoms with E-state index in [0.717, 1.165) is 32.5 Å². The number of benzene rings is 2. The van der Waals surface area contributed by atoms with Crippen molar-refractivity contribution in [2.75, 3.05) is 37.4 Å². The molecule has 32 heavy (non-hydrogen) atoms. The molecule has 2 aromatic carbocycles. The molecular formula is C26H35N3O3. The number of methoxy groups -OCH3 is 1. The van der Waals surface area contributed by atoms with E-state index in [0.29, 0.717) is 22.5 Å². The average molecular weight is 438 g/mol. The van der Waals surface area contributed by atoms with E-state index in [-0.39, 0.29) is 17.4 Å². The second kappa shape index (κ2) is 10.2. The number of hydrogen-bond acceptors (Lipinski definition) is 5. The summed E-state index contributed by atoms with van der Waals surface area (Å²) in [5.41, 5.74) is 3.58. The van der Waals surface area contributed by atoms with Crippen molar-refractivity contribution in [2.45, 2.75) is 52.0 Å². The number of piperidine rings is 1. The molecular weight excluding hydrogens is 402 g/mol. The number of nitrogens with zero attached hydrogens (tertiary/aromatic N) is 1. The van der Waals surface area contributed by atoms with Crippen molar-refractivity contribution in [3.63, 3.8) is 0 Å². The number of likely N-dealkylation sites (N-methyl/N-ethyl adjacent to an activating group) is 1. The molecule has 1 heterocycles. The van der Waals surface area contributed by atoms with E-state index in [2.05, 4.69) is 43.2 Å². The SMILES string of the molecule is CCN1CCCC(Nc2cc(NC(=O)c3ccc(C(C)(C)C)cc3)ccc2C(=O)OC)C1. The Morgan fingerprint density at radius 1 is 1.12 bits per heavy atom. The molecule has 0 radical (unpaired) electrons. The van der Waals surface area contributed by atoms with Crippen molar-refractivity contribution in [1.29, 1.82) is 0 Å². The second-order valence-corrected chi connectivity index (χ2v) is 9.41. The molecule has 3 rings (SSSR count). The van der Waals surface area contributed by atoms with Crippen LogP contribution in [0.15, 0.2) is 42.5 Å². The number of esters is 1. The number of ether oxygens (including phenoxy) is 1. The third kappa shape index (κ3) is 5.88. The lowest BCUT2D eigenvalue weighted by Gasteiger charge is -2.33. The lowest BCUT2D eigenvalue weighted by atomic mass is 9.87. The molecule has 6 heteroatoms. The Balaban J connectivity index is 1.79. The van der Waals surface area contributed by atoms with Gasteiger partial charge in [0.1, 0.15) is 0 Å². The van der Waals surface area contributed by atoms with Gasteiger partial charge < -0.3 is 20.3 Å². The fourth-order valence-corrected chi connectivity index (χ4v) is 4.03. The van der Waals surface area contributed by atoms with E-state index < -0.39 is 5.97 Å². The summed E-state index contributed by atoms with van der Waals surface area (Å²) in [6, 6.07) is 13.2. The van der Waals surface area contributed by atoms with Crippen molar-refractivity contribution in [1.82, 2.24) is 4.90 Å². The van der Waals surface area contributed by atoms with Gasteiger partial charge in [0.15, 0.2) is 0 Å². The molecule has 0 saturated carbocycles. The maximum atomic E-state index is 12.8. The van der Waals surface area contributed by atoms with E-state index in [1.165, 1.54) is 12.7 Å².